The second kappa shape index (κ2) is 9.20. The molecule has 4 aromatic rings. The molecular weight excluding hydrogens is 458 g/mol. The molecule has 0 aliphatic carbocycles. The van der Waals surface area contributed by atoms with Gasteiger partial charge in [0.2, 0.25) is 0 Å². The third kappa shape index (κ3) is 4.85. The van der Waals surface area contributed by atoms with Crippen LogP contribution in [-0.4, -0.2) is 0 Å². The Balaban J connectivity index is 1.85. The summed E-state index contributed by atoms with van der Waals surface area (Å²) in [5.74, 6) is 0. The summed E-state index contributed by atoms with van der Waals surface area (Å²) in [5, 5.41) is 6.10. The molecule has 0 radical (unpaired) electrons. The van der Waals surface area contributed by atoms with Crippen LogP contribution in [0, 0.1) is 0 Å². The summed E-state index contributed by atoms with van der Waals surface area (Å²) in [6.45, 7) is 0. The van der Waals surface area contributed by atoms with E-state index in [1.54, 1.807) is 0 Å². The molecule has 0 heterocycles. The molecule has 0 aromatic heterocycles. The van der Waals surface area contributed by atoms with Crippen LogP contribution >= 0.6 is 46.4 Å². The molecule has 4 aromatic carbocycles. The lowest BCUT2D eigenvalue weighted by Crippen LogP contribution is -2.12. The predicted molar refractivity (Wildman–Crippen MR) is 131 cm³/mol. The van der Waals surface area contributed by atoms with E-state index in [0.29, 0.717) is 20.1 Å². The highest BCUT2D eigenvalue weighted by Gasteiger charge is 2.17. The number of nitrogens with one attached hydrogen (secondary N) is 1. The quantitative estimate of drug-likeness (QED) is 0.310. The van der Waals surface area contributed by atoms with E-state index in [-0.39, 0.29) is 0 Å². The van der Waals surface area contributed by atoms with Crippen molar-refractivity contribution >= 4 is 74.8 Å². The van der Waals surface area contributed by atoms with Crippen LogP contribution in [0.15, 0.2) is 91.0 Å². The van der Waals surface area contributed by atoms with Crippen LogP contribution < -0.4 is 10.2 Å². The van der Waals surface area contributed by atoms with Crippen LogP contribution in [0.25, 0.3) is 0 Å². The Labute approximate surface area is 195 Å². The number of hydrogen-bond acceptors (Lipinski definition) is 2. The lowest BCUT2D eigenvalue weighted by Gasteiger charge is -2.28. The summed E-state index contributed by atoms with van der Waals surface area (Å²) in [4.78, 5) is 2.09. The fourth-order valence-corrected chi connectivity index (χ4v) is 3.64. The molecule has 1 N–H and O–H groups in total. The highest BCUT2D eigenvalue weighted by molar-refractivity contribution is 6.32. The van der Waals surface area contributed by atoms with E-state index < -0.39 is 0 Å². The zero-order chi connectivity index (χ0) is 21.1. The maximum Gasteiger partial charge on any atom is 0.0711 e. The number of halogens is 4. The van der Waals surface area contributed by atoms with Crippen molar-refractivity contribution in [3.05, 3.63) is 111 Å². The van der Waals surface area contributed by atoms with E-state index in [2.05, 4.69) is 10.2 Å². The highest BCUT2D eigenvalue weighted by atomic mass is 35.5. The predicted octanol–water partition coefficient (Wildman–Crippen LogP) is 9.51. The molecule has 0 fully saturated rings. The van der Waals surface area contributed by atoms with Crippen LogP contribution in [0.5, 0.6) is 0 Å². The fraction of sp³-hybridized carbons (Fsp3) is 0. The lowest BCUT2D eigenvalue weighted by atomic mass is 10.1. The van der Waals surface area contributed by atoms with Crippen molar-refractivity contribution < 1.29 is 0 Å². The first-order chi connectivity index (χ1) is 14.5. The molecule has 4 rings (SSSR count). The van der Waals surface area contributed by atoms with Gasteiger partial charge < -0.3 is 10.2 Å². The van der Waals surface area contributed by atoms with Crippen LogP contribution in [0.3, 0.4) is 0 Å². The Morgan fingerprint density at radius 3 is 1.43 bits per heavy atom. The Morgan fingerprint density at radius 2 is 0.933 bits per heavy atom. The second-order valence-electron chi connectivity index (χ2n) is 6.58. The molecule has 0 spiro atoms. The summed E-state index contributed by atoms with van der Waals surface area (Å²) in [5.41, 5.74) is 4.54. The molecule has 30 heavy (non-hydrogen) atoms. The summed E-state index contributed by atoms with van der Waals surface area (Å²) in [6, 6.07) is 28.5. The lowest BCUT2D eigenvalue weighted by molar-refractivity contribution is 1.28. The first kappa shape index (κ1) is 20.9. The average Bonchev–Trinajstić information content (AvgIpc) is 2.74. The zero-order valence-electron chi connectivity index (χ0n) is 15.6. The van der Waals surface area contributed by atoms with E-state index in [1.165, 1.54) is 0 Å². The molecule has 150 valence electrons. The molecule has 0 amide bonds. The van der Waals surface area contributed by atoms with Crippen molar-refractivity contribution in [3.63, 3.8) is 0 Å². The van der Waals surface area contributed by atoms with E-state index in [9.17, 15) is 0 Å². The number of nitrogens with zero attached hydrogens (tertiary/aromatic N) is 1. The normalized spacial score (nSPS) is 10.7. The molecule has 0 saturated carbocycles. The van der Waals surface area contributed by atoms with Gasteiger partial charge in [-0.1, -0.05) is 46.4 Å². The van der Waals surface area contributed by atoms with E-state index in [1.807, 2.05) is 91.0 Å². The van der Waals surface area contributed by atoms with Crippen molar-refractivity contribution in [2.45, 2.75) is 0 Å². The van der Waals surface area contributed by atoms with Crippen LogP contribution in [-0.2, 0) is 0 Å². The highest BCUT2D eigenvalue weighted by Crippen LogP contribution is 2.41. The second-order valence-corrected chi connectivity index (χ2v) is 8.33. The Kier molecular flexibility index (Phi) is 6.40. The van der Waals surface area contributed by atoms with Crippen molar-refractivity contribution in [1.82, 2.24) is 0 Å². The Hall–Kier alpha value is -2.36. The van der Waals surface area contributed by atoms with Gasteiger partial charge in [-0.05, 0) is 91.0 Å². The Morgan fingerprint density at radius 1 is 0.500 bits per heavy atom. The fourth-order valence-electron chi connectivity index (χ4n) is 3.09. The standard InChI is InChI=1S/C24H16Cl4N2/c25-16-1-8-20(9-2-16)29-23-14-7-19(28)15-24(23)30(21-10-3-17(26)4-11-21)22-12-5-18(27)6-13-22/h1-15,29H. The molecule has 6 heteroatoms. The average molecular weight is 474 g/mol. The third-order valence-electron chi connectivity index (χ3n) is 4.49. The summed E-state index contributed by atoms with van der Waals surface area (Å²) in [6.07, 6.45) is 0. The van der Waals surface area contributed by atoms with Crippen LogP contribution in [0.4, 0.5) is 28.4 Å². The van der Waals surface area contributed by atoms with Gasteiger partial charge in [0.1, 0.15) is 0 Å². The van der Waals surface area contributed by atoms with E-state index in [4.69, 9.17) is 46.4 Å². The summed E-state index contributed by atoms with van der Waals surface area (Å²) >= 11 is 24.7. The summed E-state index contributed by atoms with van der Waals surface area (Å²) in [7, 11) is 0. The van der Waals surface area contributed by atoms with Gasteiger partial charge in [-0.15, -0.1) is 0 Å². The van der Waals surface area contributed by atoms with Crippen molar-refractivity contribution in [3.8, 4) is 0 Å². The van der Waals surface area contributed by atoms with Crippen molar-refractivity contribution in [2.75, 3.05) is 10.2 Å². The molecule has 0 aliphatic heterocycles. The largest absolute Gasteiger partial charge is 0.354 e. The third-order valence-corrected chi connectivity index (χ3v) is 5.48. The van der Waals surface area contributed by atoms with E-state index >= 15 is 0 Å². The van der Waals surface area contributed by atoms with Gasteiger partial charge in [0, 0.05) is 37.2 Å². The Bertz CT molecular complexity index is 1100. The minimum atomic E-state index is 0.625. The molecule has 0 aliphatic rings. The number of rotatable bonds is 5. The van der Waals surface area contributed by atoms with Gasteiger partial charge in [-0.3, -0.25) is 0 Å². The van der Waals surface area contributed by atoms with Gasteiger partial charge >= 0.3 is 0 Å². The SMILES string of the molecule is Clc1ccc(Nc2ccc(Cl)cc2N(c2ccc(Cl)cc2)c2ccc(Cl)cc2)cc1. The van der Waals surface area contributed by atoms with Gasteiger partial charge in [-0.2, -0.15) is 0 Å². The molecule has 0 saturated heterocycles. The van der Waals surface area contributed by atoms with Gasteiger partial charge in [0.05, 0.1) is 11.4 Å². The minimum Gasteiger partial charge on any atom is -0.354 e. The zero-order valence-corrected chi connectivity index (χ0v) is 18.6. The van der Waals surface area contributed by atoms with Crippen molar-refractivity contribution in [1.29, 1.82) is 0 Å². The maximum absolute atomic E-state index is 6.40. The minimum absolute atomic E-state index is 0.625. The molecular formula is C24H16Cl4N2. The van der Waals surface area contributed by atoms with Gasteiger partial charge in [0.25, 0.3) is 0 Å². The van der Waals surface area contributed by atoms with Crippen LogP contribution in [0.1, 0.15) is 0 Å². The number of hydrogen-bond donors (Lipinski definition) is 1. The molecule has 0 atom stereocenters. The molecule has 0 unspecified atom stereocenters. The van der Waals surface area contributed by atoms with Crippen molar-refractivity contribution in [2.24, 2.45) is 0 Å². The monoisotopic (exact) mass is 472 g/mol. The van der Waals surface area contributed by atoms with Gasteiger partial charge in [0.15, 0.2) is 0 Å². The number of benzene rings is 4. The summed E-state index contributed by atoms with van der Waals surface area (Å²) < 4.78 is 0. The number of anilines is 5. The maximum atomic E-state index is 6.40. The molecule has 2 nitrogen and oxygen atoms in total. The first-order valence-corrected chi connectivity index (χ1v) is 10.6. The first-order valence-electron chi connectivity index (χ1n) is 9.13. The van der Waals surface area contributed by atoms with Gasteiger partial charge in [-0.25, -0.2) is 0 Å². The molecule has 0 bridgehead atoms. The smallest absolute Gasteiger partial charge is 0.0711 e. The van der Waals surface area contributed by atoms with E-state index in [0.717, 1.165) is 28.4 Å². The van der Waals surface area contributed by atoms with Crippen LogP contribution in [0.2, 0.25) is 20.1 Å². The topological polar surface area (TPSA) is 15.3 Å².